The Labute approximate surface area is 187 Å². The molecule has 0 aliphatic heterocycles. The van der Waals surface area contributed by atoms with Gasteiger partial charge in [0.2, 0.25) is 11.1 Å². The summed E-state index contributed by atoms with van der Waals surface area (Å²) in [6.45, 7) is 1.77. The number of thioether (sulfide) groups is 1. The summed E-state index contributed by atoms with van der Waals surface area (Å²) in [7, 11) is 0. The molecule has 0 radical (unpaired) electrons. The number of nitrogens with zero attached hydrogens (tertiary/aromatic N) is 3. The first-order chi connectivity index (χ1) is 14.9. The van der Waals surface area contributed by atoms with Gasteiger partial charge in [-0.15, -0.1) is 10.2 Å². The maximum atomic E-state index is 12.7. The van der Waals surface area contributed by atoms with Crippen molar-refractivity contribution in [3.63, 3.8) is 0 Å². The smallest absolute Gasteiger partial charge is 0.321 e. The van der Waals surface area contributed by atoms with E-state index in [9.17, 15) is 9.59 Å². The van der Waals surface area contributed by atoms with Crippen LogP contribution in [0.4, 0.5) is 4.79 Å². The first-order valence-corrected chi connectivity index (χ1v) is 12.8. The van der Waals surface area contributed by atoms with Crippen LogP contribution < -0.4 is 16.5 Å². The molecule has 6 rings (SSSR count). The predicted molar refractivity (Wildman–Crippen MR) is 119 cm³/mol. The van der Waals surface area contributed by atoms with Gasteiger partial charge in [-0.2, -0.15) is 0 Å². The van der Waals surface area contributed by atoms with Crippen LogP contribution in [0.25, 0.3) is 0 Å². The van der Waals surface area contributed by atoms with Crippen molar-refractivity contribution in [2.75, 3.05) is 5.84 Å². The molecule has 0 spiro atoms. The van der Waals surface area contributed by atoms with Crippen molar-refractivity contribution in [2.24, 2.45) is 17.8 Å². The van der Waals surface area contributed by atoms with Crippen molar-refractivity contribution in [2.45, 2.75) is 99.4 Å². The molecule has 0 aromatic carbocycles. The predicted octanol–water partition coefficient (Wildman–Crippen LogP) is 3.31. The van der Waals surface area contributed by atoms with Crippen LogP contribution in [0.5, 0.6) is 0 Å². The molecular weight excluding hydrogens is 412 g/mol. The second-order valence-corrected chi connectivity index (χ2v) is 11.8. The highest BCUT2D eigenvalue weighted by Crippen LogP contribution is 2.55. The minimum absolute atomic E-state index is 0.109. The van der Waals surface area contributed by atoms with Crippen LogP contribution in [0, 0.1) is 17.8 Å². The molecule has 8 nitrogen and oxygen atoms in total. The number of nitrogens with two attached hydrogens (primary N) is 1. The molecule has 4 N–H and O–H groups in total. The summed E-state index contributed by atoms with van der Waals surface area (Å²) in [5, 5.41) is 14.3. The van der Waals surface area contributed by atoms with E-state index in [4.69, 9.17) is 5.84 Å². The molecule has 1 aromatic heterocycles. The molecule has 3 amide bonds. The van der Waals surface area contributed by atoms with Gasteiger partial charge in [-0.1, -0.05) is 31.0 Å². The number of hydrogen-bond acceptors (Lipinski definition) is 6. The van der Waals surface area contributed by atoms with E-state index in [1.165, 1.54) is 55.0 Å². The number of hydrogen-bond donors (Lipinski definition) is 3. The van der Waals surface area contributed by atoms with Crippen molar-refractivity contribution in [1.82, 2.24) is 25.5 Å². The molecule has 31 heavy (non-hydrogen) atoms. The molecule has 170 valence electrons. The standard InChI is InChI=1S/C22H34N6O2S/c1-13(31-21-27-26-18(28(21)23)17-5-3-2-4-6-17)19(29)24-20(30)25-22-10-14-7-15(11-22)9-16(8-14)12-22/h13-17H,2-12,23H2,1H3,(H2,24,25,29,30). The second kappa shape index (κ2) is 8.30. The summed E-state index contributed by atoms with van der Waals surface area (Å²) in [5.41, 5.74) is -0.109. The summed E-state index contributed by atoms with van der Waals surface area (Å²) < 4.78 is 1.53. The van der Waals surface area contributed by atoms with Gasteiger partial charge in [0.05, 0.1) is 5.25 Å². The monoisotopic (exact) mass is 446 g/mol. The minimum Gasteiger partial charge on any atom is -0.336 e. The fourth-order valence-corrected chi connectivity index (χ4v) is 7.75. The SMILES string of the molecule is CC(Sc1nnc(C2CCCCC2)n1N)C(=O)NC(=O)NC12CC3CC(CC(C3)C1)C2. The largest absolute Gasteiger partial charge is 0.336 e. The molecule has 5 fully saturated rings. The minimum atomic E-state index is -0.493. The zero-order valence-electron chi connectivity index (χ0n) is 18.3. The molecule has 1 heterocycles. The molecule has 5 aliphatic carbocycles. The average molecular weight is 447 g/mol. The van der Waals surface area contributed by atoms with Crippen LogP contribution in [-0.4, -0.2) is 37.6 Å². The van der Waals surface area contributed by atoms with Crippen molar-refractivity contribution < 1.29 is 9.59 Å². The molecule has 4 bridgehead atoms. The number of aromatic nitrogens is 3. The fourth-order valence-electron chi connectivity index (χ4n) is 6.97. The lowest BCUT2D eigenvalue weighted by atomic mass is 9.53. The van der Waals surface area contributed by atoms with E-state index in [1.54, 1.807) is 6.92 Å². The molecule has 9 heteroatoms. The molecule has 5 saturated carbocycles. The zero-order chi connectivity index (χ0) is 21.6. The lowest BCUT2D eigenvalue weighted by Gasteiger charge is -2.56. The van der Waals surface area contributed by atoms with Gasteiger partial charge in [-0.05, 0) is 76.0 Å². The van der Waals surface area contributed by atoms with Crippen molar-refractivity contribution in [3.05, 3.63) is 5.82 Å². The summed E-state index contributed by atoms with van der Waals surface area (Å²) >= 11 is 1.25. The van der Waals surface area contributed by atoms with Gasteiger partial charge in [0.1, 0.15) is 0 Å². The van der Waals surface area contributed by atoms with Gasteiger partial charge in [-0.3, -0.25) is 10.1 Å². The normalized spacial score (nSPS) is 33.3. The molecule has 1 unspecified atom stereocenters. The summed E-state index contributed by atoms with van der Waals surface area (Å²) in [6, 6.07) is -0.364. The maximum Gasteiger partial charge on any atom is 0.321 e. The Morgan fingerprint density at radius 2 is 1.68 bits per heavy atom. The molecule has 0 saturated heterocycles. The van der Waals surface area contributed by atoms with Crippen molar-refractivity contribution >= 4 is 23.7 Å². The number of rotatable bonds is 5. The van der Waals surface area contributed by atoms with Crippen LogP contribution in [0.3, 0.4) is 0 Å². The third kappa shape index (κ3) is 4.30. The topological polar surface area (TPSA) is 115 Å². The Morgan fingerprint density at radius 1 is 1.06 bits per heavy atom. The summed E-state index contributed by atoms with van der Waals surface area (Å²) in [6.07, 6.45) is 12.9. The number of nitrogens with one attached hydrogen (secondary N) is 2. The number of imide groups is 1. The van der Waals surface area contributed by atoms with Crippen molar-refractivity contribution in [1.29, 1.82) is 0 Å². The van der Waals surface area contributed by atoms with E-state index in [0.717, 1.165) is 55.7 Å². The van der Waals surface area contributed by atoms with Crippen LogP contribution in [0.1, 0.15) is 89.3 Å². The molecule has 1 atom stereocenters. The summed E-state index contributed by atoms with van der Waals surface area (Å²) in [4.78, 5) is 25.3. The number of amides is 3. The Kier molecular flexibility index (Phi) is 5.65. The van der Waals surface area contributed by atoms with Gasteiger partial charge in [0.25, 0.3) is 0 Å². The highest BCUT2D eigenvalue weighted by Gasteiger charge is 2.51. The third-order valence-corrected chi connectivity index (χ3v) is 9.02. The van der Waals surface area contributed by atoms with E-state index in [2.05, 4.69) is 20.8 Å². The van der Waals surface area contributed by atoms with Gasteiger partial charge < -0.3 is 11.2 Å². The first kappa shape index (κ1) is 21.1. The highest BCUT2D eigenvalue weighted by molar-refractivity contribution is 8.00. The second-order valence-electron chi connectivity index (χ2n) is 10.4. The van der Waals surface area contributed by atoms with Crippen LogP contribution in [-0.2, 0) is 4.79 Å². The van der Waals surface area contributed by atoms with Crippen molar-refractivity contribution in [3.8, 4) is 0 Å². The van der Waals surface area contributed by atoms with Crippen LogP contribution in [0.2, 0.25) is 0 Å². The fraction of sp³-hybridized carbons (Fsp3) is 0.818. The Bertz CT molecular complexity index is 814. The van der Waals surface area contributed by atoms with E-state index in [1.807, 2.05) is 0 Å². The number of carbonyl (C=O) groups excluding carboxylic acids is 2. The van der Waals surface area contributed by atoms with E-state index < -0.39 is 5.25 Å². The number of carbonyl (C=O) groups is 2. The quantitative estimate of drug-likeness (QED) is 0.472. The summed E-state index contributed by atoms with van der Waals surface area (Å²) in [5.74, 6) is 9.28. The number of urea groups is 1. The Balaban J connectivity index is 1.16. The van der Waals surface area contributed by atoms with Gasteiger partial charge in [-0.25, -0.2) is 9.47 Å². The molecule has 5 aliphatic rings. The zero-order valence-corrected chi connectivity index (χ0v) is 19.1. The molecular formula is C22H34N6O2S. The lowest BCUT2D eigenvalue weighted by Crippen LogP contribution is -2.62. The highest BCUT2D eigenvalue weighted by atomic mass is 32.2. The third-order valence-electron chi connectivity index (χ3n) is 7.97. The maximum absolute atomic E-state index is 12.7. The average Bonchev–Trinajstić information content (AvgIpc) is 3.07. The van der Waals surface area contributed by atoms with Gasteiger partial charge in [0, 0.05) is 11.5 Å². The van der Waals surface area contributed by atoms with E-state index in [-0.39, 0.29) is 17.5 Å². The van der Waals surface area contributed by atoms with E-state index >= 15 is 0 Å². The Morgan fingerprint density at radius 3 is 2.29 bits per heavy atom. The molecule has 1 aromatic rings. The first-order valence-electron chi connectivity index (χ1n) is 11.9. The number of nitrogen functional groups attached to an aromatic ring is 1. The van der Waals surface area contributed by atoms with Gasteiger partial charge in [0.15, 0.2) is 5.82 Å². The lowest BCUT2D eigenvalue weighted by molar-refractivity contribution is -0.119. The van der Waals surface area contributed by atoms with Crippen LogP contribution in [0.15, 0.2) is 5.16 Å². The van der Waals surface area contributed by atoms with E-state index in [0.29, 0.717) is 11.1 Å². The van der Waals surface area contributed by atoms with Gasteiger partial charge >= 0.3 is 6.03 Å². The Hall–Kier alpha value is -1.77. The van der Waals surface area contributed by atoms with Crippen LogP contribution >= 0.6 is 11.8 Å².